The fraction of sp³-hybridized carbons (Fsp3) is 0.500. The molecule has 0 fully saturated rings. The van der Waals surface area contributed by atoms with Crippen molar-refractivity contribution >= 4 is 5.97 Å². The van der Waals surface area contributed by atoms with Crippen LogP contribution in [0.15, 0.2) is 24.3 Å². The van der Waals surface area contributed by atoms with Gasteiger partial charge in [-0.25, -0.2) is 0 Å². The van der Waals surface area contributed by atoms with Crippen molar-refractivity contribution in [1.82, 2.24) is 5.48 Å². The molecule has 2 N–H and O–H groups in total. The Morgan fingerprint density at radius 2 is 1.89 bits per heavy atom. The molecule has 0 heterocycles. The first-order valence-corrected chi connectivity index (χ1v) is 6.11. The van der Waals surface area contributed by atoms with Gasteiger partial charge in [0.05, 0.1) is 12.7 Å². The van der Waals surface area contributed by atoms with Crippen molar-refractivity contribution in [3.63, 3.8) is 0 Å². The number of esters is 1. The van der Waals surface area contributed by atoms with Crippen LogP contribution in [0.25, 0.3) is 0 Å². The second kappa shape index (κ2) is 6.54. The van der Waals surface area contributed by atoms with Gasteiger partial charge in [-0.05, 0) is 38.5 Å². The largest absolute Gasteiger partial charge is 0.508 e. The van der Waals surface area contributed by atoms with Crippen LogP contribution in [0.2, 0.25) is 0 Å². The van der Waals surface area contributed by atoms with E-state index in [-0.39, 0.29) is 5.75 Å². The molecule has 0 aromatic heterocycles. The standard InChI is InChI=1S/C14H21NO4/c1-14(2,3)19-15-12(13(17)18-4)9-10-5-7-11(16)8-6-10/h5-8,12,15-16H,9H2,1-4H3/t12-/m0/s1. The molecule has 1 rings (SSSR count). The average Bonchev–Trinajstić information content (AvgIpc) is 2.34. The molecule has 0 unspecified atom stereocenters. The van der Waals surface area contributed by atoms with E-state index in [1.165, 1.54) is 7.11 Å². The number of hydroxylamine groups is 1. The molecule has 0 radical (unpaired) electrons. The molecule has 0 saturated heterocycles. The van der Waals surface area contributed by atoms with Crippen LogP contribution in [0.3, 0.4) is 0 Å². The summed E-state index contributed by atoms with van der Waals surface area (Å²) in [5.74, 6) is -0.199. The molecule has 0 aliphatic rings. The molecule has 1 aromatic rings. The van der Waals surface area contributed by atoms with Crippen LogP contribution < -0.4 is 5.48 Å². The lowest BCUT2D eigenvalue weighted by Gasteiger charge is -2.23. The minimum Gasteiger partial charge on any atom is -0.508 e. The highest BCUT2D eigenvalue weighted by Crippen LogP contribution is 2.13. The van der Waals surface area contributed by atoms with E-state index in [2.05, 4.69) is 5.48 Å². The van der Waals surface area contributed by atoms with Crippen molar-refractivity contribution in [2.24, 2.45) is 0 Å². The van der Waals surface area contributed by atoms with Crippen molar-refractivity contribution < 1.29 is 19.5 Å². The van der Waals surface area contributed by atoms with Gasteiger partial charge in [0, 0.05) is 6.42 Å². The summed E-state index contributed by atoms with van der Waals surface area (Å²) < 4.78 is 4.74. The number of rotatable bonds is 5. The van der Waals surface area contributed by atoms with Crippen molar-refractivity contribution in [2.45, 2.75) is 38.8 Å². The third-order valence-electron chi connectivity index (χ3n) is 2.37. The predicted octanol–water partition coefficient (Wildman–Crippen LogP) is 1.80. The number of ether oxygens (including phenoxy) is 1. The first kappa shape index (κ1) is 15.5. The second-order valence-corrected chi connectivity index (χ2v) is 5.28. The van der Waals surface area contributed by atoms with Crippen molar-refractivity contribution in [1.29, 1.82) is 0 Å². The Bertz CT molecular complexity index is 408. The number of carbonyl (C=O) groups is 1. The summed E-state index contributed by atoms with van der Waals surface area (Å²) in [6.07, 6.45) is 0.420. The van der Waals surface area contributed by atoms with E-state index in [0.29, 0.717) is 6.42 Å². The number of carbonyl (C=O) groups excluding carboxylic acids is 1. The van der Waals surface area contributed by atoms with Gasteiger partial charge in [0.1, 0.15) is 11.8 Å². The van der Waals surface area contributed by atoms with Gasteiger partial charge in [-0.1, -0.05) is 12.1 Å². The van der Waals surface area contributed by atoms with Crippen LogP contribution >= 0.6 is 0 Å². The molecule has 0 aliphatic heterocycles. The quantitative estimate of drug-likeness (QED) is 0.629. The zero-order valence-corrected chi connectivity index (χ0v) is 11.8. The number of methoxy groups -OCH3 is 1. The van der Waals surface area contributed by atoms with Crippen LogP contribution in [0.1, 0.15) is 26.3 Å². The third kappa shape index (κ3) is 5.72. The molecule has 5 nitrogen and oxygen atoms in total. The Morgan fingerprint density at radius 1 is 1.32 bits per heavy atom. The molecule has 1 aromatic carbocycles. The van der Waals surface area contributed by atoms with Crippen LogP contribution in [-0.4, -0.2) is 29.8 Å². The predicted molar refractivity (Wildman–Crippen MR) is 71.6 cm³/mol. The zero-order chi connectivity index (χ0) is 14.5. The maximum atomic E-state index is 11.7. The van der Waals surface area contributed by atoms with Gasteiger partial charge in [0.2, 0.25) is 0 Å². The molecule has 106 valence electrons. The smallest absolute Gasteiger partial charge is 0.325 e. The van der Waals surface area contributed by atoms with Crippen molar-refractivity contribution in [3.05, 3.63) is 29.8 Å². The van der Waals surface area contributed by atoms with Crippen LogP contribution in [0.4, 0.5) is 0 Å². The lowest BCUT2D eigenvalue weighted by atomic mass is 10.1. The van der Waals surface area contributed by atoms with E-state index in [0.717, 1.165) is 5.56 Å². The molecular weight excluding hydrogens is 246 g/mol. The van der Waals surface area contributed by atoms with Gasteiger partial charge < -0.3 is 9.84 Å². The Balaban J connectivity index is 2.69. The summed E-state index contributed by atoms with van der Waals surface area (Å²) in [6.45, 7) is 5.65. The van der Waals surface area contributed by atoms with Gasteiger partial charge in [0.15, 0.2) is 0 Å². The average molecular weight is 267 g/mol. The second-order valence-electron chi connectivity index (χ2n) is 5.28. The fourth-order valence-corrected chi connectivity index (χ4v) is 1.43. The summed E-state index contributed by atoms with van der Waals surface area (Å²) >= 11 is 0. The molecule has 0 amide bonds. The molecule has 0 spiro atoms. The minimum atomic E-state index is -0.589. The van der Waals surface area contributed by atoms with Gasteiger partial charge in [-0.2, -0.15) is 5.48 Å². The highest BCUT2D eigenvalue weighted by molar-refractivity contribution is 5.75. The summed E-state index contributed by atoms with van der Waals surface area (Å²) in [4.78, 5) is 17.1. The Hall–Kier alpha value is -1.59. The van der Waals surface area contributed by atoms with Crippen LogP contribution in [0.5, 0.6) is 5.75 Å². The monoisotopic (exact) mass is 267 g/mol. The third-order valence-corrected chi connectivity index (χ3v) is 2.37. The first-order chi connectivity index (χ1) is 8.81. The van der Waals surface area contributed by atoms with E-state index in [9.17, 15) is 9.90 Å². The summed E-state index contributed by atoms with van der Waals surface area (Å²) in [7, 11) is 1.34. The van der Waals surface area contributed by atoms with Gasteiger partial charge >= 0.3 is 5.97 Å². The number of aromatic hydroxyl groups is 1. The maximum Gasteiger partial charge on any atom is 0.325 e. The van der Waals surface area contributed by atoms with Crippen molar-refractivity contribution in [2.75, 3.05) is 7.11 Å². The van der Waals surface area contributed by atoms with Crippen LogP contribution in [0, 0.1) is 0 Å². The number of phenolic OH excluding ortho intramolecular Hbond substituents is 1. The molecule has 5 heteroatoms. The summed E-state index contributed by atoms with van der Waals surface area (Å²) in [6, 6.07) is 6.07. The highest BCUT2D eigenvalue weighted by atomic mass is 16.7. The zero-order valence-electron chi connectivity index (χ0n) is 11.8. The van der Waals surface area contributed by atoms with Gasteiger partial charge in [-0.15, -0.1) is 0 Å². The van der Waals surface area contributed by atoms with E-state index in [1.807, 2.05) is 20.8 Å². The minimum absolute atomic E-state index is 0.192. The topological polar surface area (TPSA) is 67.8 Å². The number of benzene rings is 1. The summed E-state index contributed by atoms with van der Waals surface area (Å²) in [5, 5.41) is 9.22. The highest BCUT2D eigenvalue weighted by Gasteiger charge is 2.22. The number of hydrogen-bond acceptors (Lipinski definition) is 5. The number of phenols is 1. The van der Waals surface area contributed by atoms with Gasteiger partial charge in [-0.3, -0.25) is 9.63 Å². The Kier molecular flexibility index (Phi) is 5.32. The molecular formula is C14H21NO4. The molecule has 1 atom stereocenters. The molecule has 0 bridgehead atoms. The van der Waals surface area contributed by atoms with E-state index in [1.54, 1.807) is 24.3 Å². The SMILES string of the molecule is COC(=O)[C@H](Cc1ccc(O)cc1)NOC(C)(C)C. The van der Waals surface area contributed by atoms with Crippen LogP contribution in [-0.2, 0) is 20.8 Å². The lowest BCUT2D eigenvalue weighted by Crippen LogP contribution is -2.43. The van der Waals surface area contributed by atoms with E-state index >= 15 is 0 Å². The Labute approximate surface area is 113 Å². The fourth-order valence-electron chi connectivity index (χ4n) is 1.43. The Morgan fingerprint density at radius 3 is 2.37 bits per heavy atom. The number of hydrogen-bond donors (Lipinski definition) is 2. The van der Waals surface area contributed by atoms with Gasteiger partial charge in [0.25, 0.3) is 0 Å². The number of nitrogens with one attached hydrogen (secondary N) is 1. The normalized spacial score (nSPS) is 13.1. The first-order valence-electron chi connectivity index (χ1n) is 6.11. The van der Waals surface area contributed by atoms with E-state index < -0.39 is 17.6 Å². The molecule has 19 heavy (non-hydrogen) atoms. The molecule has 0 saturated carbocycles. The van der Waals surface area contributed by atoms with E-state index in [4.69, 9.17) is 9.57 Å². The lowest BCUT2D eigenvalue weighted by molar-refractivity contribution is -0.153. The summed E-state index contributed by atoms with van der Waals surface area (Å²) in [5.41, 5.74) is 3.24. The maximum absolute atomic E-state index is 11.7. The molecule has 0 aliphatic carbocycles. The van der Waals surface area contributed by atoms with Crippen molar-refractivity contribution in [3.8, 4) is 5.75 Å².